The molecule has 0 fully saturated rings. The van der Waals surface area contributed by atoms with Crippen LogP contribution in [0.3, 0.4) is 0 Å². The molecule has 16 heavy (non-hydrogen) atoms. The molecule has 0 spiro atoms. The Morgan fingerprint density at radius 1 is 1.62 bits per heavy atom. The maximum absolute atomic E-state index is 11.7. The van der Waals surface area contributed by atoms with Gasteiger partial charge in [-0.3, -0.25) is 4.79 Å². The van der Waals surface area contributed by atoms with Gasteiger partial charge in [0.05, 0.1) is 5.02 Å². The van der Waals surface area contributed by atoms with Crippen molar-refractivity contribution >= 4 is 33.4 Å². The van der Waals surface area contributed by atoms with E-state index in [1.807, 2.05) is 6.92 Å². The molecule has 0 aliphatic heterocycles. The van der Waals surface area contributed by atoms with E-state index in [0.717, 1.165) is 4.47 Å². The zero-order valence-corrected chi connectivity index (χ0v) is 11.2. The number of amides is 1. The molecular formula is C11H13BrClNO2. The lowest BCUT2D eigenvalue weighted by molar-refractivity contribution is 0.0934. The first-order valence-corrected chi connectivity index (χ1v) is 6.08. The number of hydrogen-bond donors (Lipinski definition) is 2. The number of aliphatic hydroxyl groups excluding tert-OH is 1. The van der Waals surface area contributed by atoms with Gasteiger partial charge in [-0.25, -0.2) is 0 Å². The zero-order valence-electron chi connectivity index (χ0n) is 8.84. The van der Waals surface area contributed by atoms with Crippen LogP contribution >= 0.6 is 27.5 Å². The number of hydrogen-bond acceptors (Lipinski definition) is 2. The second-order valence-electron chi connectivity index (χ2n) is 3.52. The van der Waals surface area contributed by atoms with Gasteiger partial charge in [-0.1, -0.05) is 11.6 Å². The highest BCUT2D eigenvalue weighted by atomic mass is 79.9. The van der Waals surface area contributed by atoms with Crippen LogP contribution in [0.5, 0.6) is 0 Å². The molecule has 0 saturated heterocycles. The molecule has 1 amide bonds. The second kappa shape index (κ2) is 6.23. The van der Waals surface area contributed by atoms with E-state index in [4.69, 9.17) is 16.7 Å². The molecule has 1 atom stereocenters. The van der Waals surface area contributed by atoms with Crippen molar-refractivity contribution in [1.82, 2.24) is 5.32 Å². The molecule has 2 N–H and O–H groups in total. The quantitative estimate of drug-likeness (QED) is 0.898. The van der Waals surface area contributed by atoms with Crippen LogP contribution < -0.4 is 5.32 Å². The number of nitrogens with one attached hydrogen (secondary N) is 1. The van der Waals surface area contributed by atoms with Crippen molar-refractivity contribution in [3.63, 3.8) is 0 Å². The minimum absolute atomic E-state index is 0.0556. The molecule has 0 radical (unpaired) electrons. The molecule has 1 aromatic rings. The number of carbonyl (C=O) groups is 1. The van der Waals surface area contributed by atoms with E-state index < -0.39 is 0 Å². The molecule has 0 aliphatic rings. The van der Waals surface area contributed by atoms with Gasteiger partial charge < -0.3 is 10.4 Å². The first kappa shape index (κ1) is 13.5. The normalized spacial score (nSPS) is 12.2. The van der Waals surface area contributed by atoms with Gasteiger partial charge in [0.2, 0.25) is 0 Å². The topological polar surface area (TPSA) is 49.3 Å². The lowest BCUT2D eigenvalue weighted by atomic mass is 10.2. The number of carbonyl (C=O) groups excluding carboxylic acids is 1. The number of halogens is 2. The van der Waals surface area contributed by atoms with E-state index in [2.05, 4.69) is 21.2 Å². The van der Waals surface area contributed by atoms with Crippen LogP contribution in [0, 0.1) is 0 Å². The molecule has 88 valence electrons. The summed E-state index contributed by atoms with van der Waals surface area (Å²) in [4.78, 5) is 11.7. The van der Waals surface area contributed by atoms with Gasteiger partial charge >= 0.3 is 0 Å². The molecule has 0 saturated carbocycles. The Kier molecular flexibility index (Phi) is 5.25. The van der Waals surface area contributed by atoms with Crippen molar-refractivity contribution in [2.75, 3.05) is 6.61 Å². The van der Waals surface area contributed by atoms with Gasteiger partial charge in [0.25, 0.3) is 5.91 Å². The van der Waals surface area contributed by atoms with Crippen LogP contribution in [-0.2, 0) is 0 Å². The summed E-state index contributed by atoms with van der Waals surface area (Å²) in [5.74, 6) is -0.185. The van der Waals surface area contributed by atoms with Crippen molar-refractivity contribution in [3.8, 4) is 0 Å². The fraction of sp³-hybridized carbons (Fsp3) is 0.364. The molecule has 0 aliphatic carbocycles. The maximum Gasteiger partial charge on any atom is 0.251 e. The summed E-state index contributed by atoms with van der Waals surface area (Å²) >= 11 is 9.15. The van der Waals surface area contributed by atoms with Crippen LogP contribution in [0.2, 0.25) is 5.02 Å². The van der Waals surface area contributed by atoms with Crippen molar-refractivity contribution in [3.05, 3.63) is 33.3 Å². The van der Waals surface area contributed by atoms with E-state index in [1.54, 1.807) is 18.2 Å². The molecule has 1 unspecified atom stereocenters. The van der Waals surface area contributed by atoms with E-state index >= 15 is 0 Å². The van der Waals surface area contributed by atoms with Crippen LogP contribution in [0.1, 0.15) is 23.7 Å². The highest BCUT2D eigenvalue weighted by Crippen LogP contribution is 2.23. The van der Waals surface area contributed by atoms with Gasteiger partial charge in [-0.05, 0) is 47.5 Å². The van der Waals surface area contributed by atoms with Crippen LogP contribution in [0.25, 0.3) is 0 Å². The van der Waals surface area contributed by atoms with Gasteiger partial charge in [0.1, 0.15) is 0 Å². The van der Waals surface area contributed by atoms with Gasteiger partial charge in [-0.15, -0.1) is 0 Å². The first-order chi connectivity index (χ1) is 7.54. The van der Waals surface area contributed by atoms with E-state index in [9.17, 15) is 4.79 Å². The summed E-state index contributed by atoms with van der Waals surface area (Å²) in [5, 5.41) is 12.0. The Balaban J connectivity index is 2.69. The van der Waals surface area contributed by atoms with Gasteiger partial charge in [-0.2, -0.15) is 0 Å². The van der Waals surface area contributed by atoms with Gasteiger partial charge in [0.15, 0.2) is 0 Å². The fourth-order valence-corrected chi connectivity index (χ4v) is 1.64. The average molecular weight is 307 g/mol. The monoisotopic (exact) mass is 305 g/mol. The van der Waals surface area contributed by atoms with Crippen LogP contribution in [0.4, 0.5) is 0 Å². The first-order valence-electron chi connectivity index (χ1n) is 4.91. The lowest BCUT2D eigenvalue weighted by Gasteiger charge is -2.12. The zero-order chi connectivity index (χ0) is 12.1. The summed E-state index contributed by atoms with van der Waals surface area (Å²) in [5.41, 5.74) is 0.512. The molecule has 1 rings (SSSR count). The van der Waals surface area contributed by atoms with Crippen LogP contribution in [-0.4, -0.2) is 23.7 Å². The summed E-state index contributed by atoms with van der Waals surface area (Å²) < 4.78 is 0.758. The minimum atomic E-state index is -0.185. The van der Waals surface area contributed by atoms with Crippen molar-refractivity contribution in [1.29, 1.82) is 0 Å². The Hall–Kier alpha value is -0.580. The molecule has 0 aromatic heterocycles. The molecule has 0 heterocycles. The number of benzene rings is 1. The molecular weight excluding hydrogens is 293 g/mol. The minimum Gasteiger partial charge on any atom is -0.396 e. The highest BCUT2D eigenvalue weighted by molar-refractivity contribution is 9.10. The Morgan fingerprint density at radius 3 is 2.88 bits per heavy atom. The lowest BCUT2D eigenvalue weighted by Crippen LogP contribution is -2.33. The molecule has 5 heteroatoms. The van der Waals surface area contributed by atoms with Gasteiger partial charge in [0, 0.05) is 22.7 Å². The predicted octanol–water partition coefficient (Wildman–Crippen LogP) is 2.60. The average Bonchev–Trinajstić information content (AvgIpc) is 2.22. The Bertz CT molecular complexity index is 384. The summed E-state index contributed by atoms with van der Waals surface area (Å²) in [6.45, 7) is 1.90. The summed E-state index contributed by atoms with van der Waals surface area (Å²) in [6, 6.07) is 4.97. The van der Waals surface area contributed by atoms with Crippen molar-refractivity contribution < 1.29 is 9.90 Å². The van der Waals surface area contributed by atoms with Crippen LogP contribution in [0.15, 0.2) is 22.7 Å². The fourth-order valence-electron chi connectivity index (χ4n) is 1.21. The molecule has 0 bridgehead atoms. The maximum atomic E-state index is 11.7. The number of rotatable bonds is 4. The third kappa shape index (κ3) is 3.77. The predicted molar refractivity (Wildman–Crippen MR) is 67.8 cm³/mol. The van der Waals surface area contributed by atoms with Crippen molar-refractivity contribution in [2.45, 2.75) is 19.4 Å². The van der Waals surface area contributed by atoms with E-state index in [0.29, 0.717) is 17.0 Å². The van der Waals surface area contributed by atoms with Crippen molar-refractivity contribution in [2.24, 2.45) is 0 Å². The standard InChI is InChI=1S/C11H13BrClNO2/c1-7(4-5-15)14-11(16)8-2-3-9(12)10(13)6-8/h2-3,6-7,15H,4-5H2,1H3,(H,14,16). The largest absolute Gasteiger partial charge is 0.396 e. The Labute approximate surface area is 108 Å². The molecule has 1 aromatic carbocycles. The SMILES string of the molecule is CC(CCO)NC(=O)c1ccc(Br)c(Cl)c1. The number of aliphatic hydroxyl groups is 1. The second-order valence-corrected chi connectivity index (χ2v) is 4.78. The third-order valence-corrected chi connectivity index (χ3v) is 3.35. The summed E-state index contributed by atoms with van der Waals surface area (Å²) in [7, 11) is 0. The smallest absolute Gasteiger partial charge is 0.251 e. The molecule has 3 nitrogen and oxygen atoms in total. The summed E-state index contributed by atoms with van der Waals surface area (Å²) in [6.07, 6.45) is 0.538. The third-order valence-electron chi connectivity index (χ3n) is 2.12. The highest BCUT2D eigenvalue weighted by Gasteiger charge is 2.10. The Morgan fingerprint density at radius 2 is 2.31 bits per heavy atom. The van der Waals surface area contributed by atoms with E-state index in [-0.39, 0.29) is 18.6 Å². The van der Waals surface area contributed by atoms with E-state index in [1.165, 1.54) is 0 Å².